The molecule has 2 rings (SSSR count). The number of ether oxygens (including phenoxy) is 1. The van der Waals surface area contributed by atoms with Crippen LogP contribution in [0.25, 0.3) is 0 Å². The number of amides is 1. The Morgan fingerprint density at radius 3 is 2.61 bits per heavy atom. The standard InChI is InChI=1S/C16H18Cl2N2O2S/c1-20(2)12(10-6-4-5-7-13(10)22-3)9-19-16(21)11-8-14(17)23-15(11)18/h4-8,12H,9H2,1-3H3,(H,19,21). The summed E-state index contributed by atoms with van der Waals surface area (Å²) in [6, 6.07) is 9.32. The molecule has 1 atom stereocenters. The number of benzene rings is 1. The number of carbonyl (C=O) groups excluding carboxylic acids is 1. The molecule has 0 fully saturated rings. The normalized spacial score (nSPS) is 12.3. The van der Waals surface area contributed by atoms with Crippen LogP contribution in [-0.2, 0) is 0 Å². The van der Waals surface area contributed by atoms with Gasteiger partial charge in [-0.1, -0.05) is 41.4 Å². The molecule has 1 N–H and O–H groups in total. The van der Waals surface area contributed by atoms with E-state index in [2.05, 4.69) is 5.32 Å². The third kappa shape index (κ3) is 4.38. The van der Waals surface area contributed by atoms with Gasteiger partial charge in [0.15, 0.2) is 0 Å². The molecule has 0 radical (unpaired) electrons. The summed E-state index contributed by atoms with van der Waals surface area (Å²) in [7, 11) is 5.55. The van der Waals surface area contributed by atoms with E-state index >= 15 is 0 Å². The second kappa shape index (κ2) is 8.02. The van der Waals surface area contributed by atoms with E-state index in [4.69, 9.17) is 27.9 Å². The molecular weight excluding hydrogens is 355 g/mol. The first-order valence-electron chi connectivity index (χ1n) is 6.96. The molecule has 1 aromatic carbocycles. The predicted octanol–water partition coefficient (Wildman–Crippen LogP) is 4.10. The third-order valence-corrected chi connectivity index (χ3v) is 4.97. The summed E-state index contributed by atoms with van der Waals surface area (Å²) >= 11 is 13.1. The summed E-state index contributed by atoms with van der Waals surface area (Å²) in [4.78, 5) is 14.3. The van der Waals surface area contributed by atoms with Crippen molar-refractivity contribution in [1.29, 1.82) is 0 Å². The number of nitrogens with zero attached hydrogens (tertiary/aromatic N) is 1. The molecule has 7 heteroatoms. The predicted molar refractivity (Wildman–Crippen MR) is 96.1 cm³/mol. The maximum atomic E-state index is 12.3. The Bertz CT molecular complexity index is 688. The van der Waals surface area contributed by atoms with Crippen molar-refractivity contribution in [3.05, 3.63) is 50.1 Å². The van der Waals surface area contributed by atoms with Crippen molar-refractivity contribution in [2.24, 2.45) is 0 Å². The lowest BCUT2D eigenvalue weighted by Gasteiger charge is -2.26. The van der Waals surface area contributed by atoms with Crippen molar-refractivity contribution in [3.8, 4) is 5.75 Å². The van der Waals surface area contributed by atoms with Crippen LogP contribution in [0.3, 0.4) is 0 Å². The highest BCUT2D eigenvalue weighted by atomic mass is 35.5. The molecule has 0 saturated heterocycles. The summed E-state index contributed by atoms with van der Waals surface area (Å²) in [5.41, 5.74) is 1.41. The largest absolute Gasteiger partial charge is 0.496 e. The average molecular weight is 373 g/mol. The molecule has 0 spiro atoms. The molecular formula is C16H18Cl2N2O2S. The maximum absolute atomic E-state index is 12.3. The average Bonchev–Trinajstić information content (AvgIpc) is 2.86. The van der Waals surface area contributed by atoms with E-state index in [0.29, 0.717) is 20.8 Å². The molecule has 23 heavy (non-hydrogen) atoms. The van der Waals surface area contributed by atoms with Gasteiger partial charge in [0.2, 0.25) is 0 Å². The van der Waals surface area contributed by atoms with Gasteiger partial charge in [-0.3, -0.25) is 4.79 Å². The Labute approximate surface area is 150 Å². The number of hydrogen-bond acceptors (Lipinski definition) is 4. The van der Waals surface area contributed by atoms with Crippen LogP contribution in [0, 0.1) is 0 Å². The Hall–Kier alpha value is -1.27. The monoisotopic (exact) mass is 372 g/mol. The highest BCUT2D eigenvalue weighted by Gasteiger charge is 2.20. The minimum Gasteiger partial charge on any atom is -0.496 e. The first kappa shape index (κ1) is 18.1. The van der Waals surface area contributed by atoms with E-state index in [9.17, 15) is 4.79 Å². The van der Waals surface area contributed by atoms with Crippen molar-refractivity contribution >= 4 is 40.4 Å². The van der Waals surface area contributed by atoms with E-state index < -0.39 is 0 Å². The highest BCUT2D eigenvalue weighted by Crippen LogP contribution is 2.31. The lowest BCUT2D eigenvalue weighted by atomic mass is 10.0. The molecule has 1 aromatic heterocycles. The zero-order valence-electron chi connectivity index (χ0n) is 13.1. The van der Waals surface area contributed by atoms with Crippen molar-refractivity contribution in [2.75, 3.05) is 27.7 Å². The quantitative estimate of drug-likeness (QED) is 0.829. The molecule has 4 nitrogen and oxygen atoms in total. The molecule has 124 valence electrons. The number of thiophene rings is 1. The lowest BCUT2D eigenvalue weighted by Crippen LogP contribution is -2.34. The van der Waals surface area contributed by atoms with Crippen LogP contribution in [0.4, 0.5) is 0 Å². The van der Waals surface area contributed by atoms with Gasteiger partial charge in [0.1, 0.15) is 10.1 Å². The number of carbonyl (C=O) groups is 1. The van der Waals surface area contributed by atoms with E-state index in [0.717, 1.165) is 11.3 Å². The summed E-state index contributed by atoms with van der Waals surface area (Å²) in [5, 5.41) is 2.91. The number of nitrogens with one attached hydrogen (secondary N) is 1. The van der Waals surface area contributed by atoms with Crippen LogP contribution in [0.5, 0.6) is 5.75 Å². The zero-order chi connectivity index (χ0) is 17.0. The van der Waals surface area contributed by atoms with Gasteiger partial charge in [0, 0.05) is 12.1 Å². The fourth-order valence-corrected chi connectivity index (χ4v) is 3.75. The van der Waals surface area contributed by atoms with E-state index in [1.165, 1.54) is 11.3 Å². The molecule has 0 aliphatic rings. The molecule has 1 heterocycles. The molecule has 0 bridgehead atoms. The minimum atomic E-state index is -0.236. The second-order valence-corrected chi connectivity index (χ2v) is 7.45. The van der Waals surface area contributed by atoms with Gasteiger partial charge < -0.3 is 15.0 Å². The van der Waals surface area contributed by atoms with Crippen LogP contribution in [0.2, 0.25) is 8.67 Å². The smallest absolute Gasteiger partial charge is 0.253 e. The SMILES string of the molecule is COc1ccccc1C(CNC(=O)c1cc(Cl)sc1Cl)N(C)C. The van der Waals surface area contributed by atoms with Gasteiger partial charge in [0.25, 0.3) is 5.91 Å². The topological polar surface area (TPSA) is 41.6 Å². The van der Waals surface area contributed by atoms with Crippen molar-refractivity contribution in [2.45, 2.75) is 6.04 Å². The van der Waals surface area contributed by atoms with Gasteiger partial charge in [-0.2, -0.15) is 0 Å². The van der Waals surface area contributed by atoms with E-state index in [-0.39, 0.29) is 11.9 Å². The summed E-state index contributed by atoms with van der Waals surface area (Å²) in [5.74, 6) is 0.553. The number of likely N-dealkylation sites (N-methyl/N-ethyl adjacent to an activating group) is 1. The van der Waals surface area contributed by atoms with Gasteiger partial charge in [-0.05, 0) is 26.2 Å². The van der Waals surface area contributed by atoms with Crippen LogP contribution in [-0.4, -0.2) is 38.6 Å². The Morgan fingerprint density at radius 1 is 1.35 bits per heavy atom. The zero-order valence-corrected chi connectivity index (χ0v) is 15.4. The second-order valence-electron chi connectivity index (χ2n) is 5.17. The lowest BCUT2D eigenvalue weighted by molar-refractivity contribution is 0.0942. The first-order valence-corrected chi connectivity index (χ1v) is 8.53. The van der Waals surface area contributed by atoms with Gasteiger partial charge in [-0.15, -0.1) is 11.3 Å². The van der Waals surface area contributed by atoms with Crippen LogP contribution < -0.4 is 10.1 Å². The van der Waals surface area contributed by atoms with E-state index in [1.807, 2.05) is 43.3 Å². The number of methoxy groups -OCH3 is 1. The van der Waals surface area contributed by atoms with Crippen LogP contribution in [0.15, 0.2) is 30.3 Å². The minimum absolute atomic E-state index is 0.0250. The Morgan fingerprint density at radius 2 is 2.04 bits per heavy atom. The fraction of sp³-hybridized carbons (Fsp3) is 0.312. The number of rotatable bonds is 6. The van der Waals surface area contributed by atoms with Crippen molar-refractivity contribution < 1.29 is 9.53 Å². The fourth-order valence-electron chi connectivity index (χ4n) is 2.29. The van der Waals surface area contributed by atoms with Gasteiger partial charge >= 0.3 is 0 Å². The maximum Gasteiger partial charge on any atom is 0.253 e. The van der Waals surface area contributed by atoms with Crippen LogP contribution >= 0.6 is 34.5 Å². The summed E-state index contributed by atoms with van der Waals surface area (Å²) < 4.78 is 6.30. The van der Waals surface area contributed by atoms with Crippen molar-refractivity contribution in [1.82, 2.24) is 10.2 Å². The van der Waals surface area contributed by atoms with Gasteiger partial charge in [-0.25, -0.2) is 0 Å². The van der Waals surface area contributed by atoms with Crippen LogP contribution in [0.1, 0.15) is 22.0 Å². The first-order chi connectivity index (χ1) is 10.9. The molecule has 1 unspecified atom stereocenters. The number of para-hydroxylation sites is 1. The molecule has 0 saturated carbocycles. The highest BCUT2D eigenvalue weighted by molar-refractivity contribution is 7.20. The molecule has 1 amide bonds. The summed E-state index contributed by atoms with van der Waals surface area (Å²) in [6.07, 6.45) is 0. The van der Waals surface area contributed by atoms with Crippen molar-refractivity contribution in [3.63, 3.8) is 0 Å². The number of hydrogen-bond donors (Lipinski definition) is 1. The third-order valence-electron chi connectivity index (χ3n) is 3.48. The summed E-state index contributed by atoms with van der Waals surface area (Å²) in [6.45, 7) is 0.427. The van der Waals surface area contributed by atoms with E-state index in [1.54, 1.807) is 13.2 Å². The van der Waals surface area contributed by atoms with Gasteiger partial charge in [0.05, 0.1) is 23.1 Å². The Kier molecular flexibility index (Phi) is 6.30. The Balaban J connectivity index is 2.14. The molecule has 2 aromatic rings. The molecule has 0 aliphatic heterocycles. The molecule has 0 aliphatic carbocycles. The number of halogens is 2.